The highest BCUT2D eigenvalue weighted by Crippen LogP contribution is 2.45. The molecule has 0 spiro atoms. The largest absolute Gasteiger partial charge is 0.493 e. The smallest absolute Gasteiger partial charge is 0.203 e. The molecule has 1 heterocycles. The summed E-state index contributed by atoms with van der Waals surface area (Å²) in [7, 11) is 4.75. The third-order valence-corrected chi connectivity index (χ3v) is 5.47. The normalized spacial score (nSPS) is 12.1. The van der Waals surface area contributed by atoms with Crippen molar-refractivity contribution in [3.05, 3.63) is 36.9 Å². The molecule has 114 valence electrons. The van der Waals surface area contributed by atoms with Gasteiger partial charge in [-0.25, -0.2) is 0 Å². The molecule has 21 heavy (non-hydrogen) atoms. The van der Waals surface area contributed by atoms with Crippen LogP contribution in [0.15, 0.2) is 25.8 Å². The lowest BCUT2D eigenvalue weighted by molar-refractivity contribution is 0.321. The Balaban J connectivity index is 2.55. The minimum absolute atomic E-state index is 0.336. The van der Waals surface area contributed by atoms with Crippen LogP contribution in [-0.2, 0) is 0 Å². The van der Waals surface area contributed by atoms with Gasteiger partial charge in [0, 0.05) is 5.56 Å². The van der Waals surface area contributed by atoms with Gasteiger partial charge < -0.3 is 19.9 Å². The third-order valence-electron chi connectivity index (χ3n) is 3.09. The van der Waals surface area contributed by atoms with Crippen molar-refractivity contribution in [1.82, 2.24) is 0 Å². The molecular weight excluding hydrogens is 422 g/mol. The maximum Gasteiger partial charge on any atom is 0.203 e. The lowest BCUT2D eigenvalue weighted by atomic mass is 10.0. The highest BCUT2D eigenvalue weighted by Gasteiger charge is 2.23. The number of methoxy groups -OCH3 is 3. The summed E-state index contributed by atoms with van der Waals surface area (Å²) in [5.41, 5.74) is 8.22. The van der Waals surface area contributed by atoms with Crippen LogP contribution in [0.2, 0.25) is 0 Å². The first-order valence-electron chi connectivity index (χ1n) is 6.02. The second-order valence-electron chi connectivity index (χ2n) is 4.18. The first-order chi connectivity index (χ1) is 10.0. The van der Waals surface area contributed by atoms with Crippen LogP contribution in [0.4, 0.5) is 0 Å². The van der Waals surface area contributed by atoms with Crippen molar-refractivity contribution in [3.8, 4) is 17.2 Å². The molecule has 0 saturated heterocycles. The highest BCUT2D eigenvalue weighted by molar-refractivity contribution is 9.12. The molecule has 0 bridgehead atoms. The topological polar surface area (TPSA) is 53.7 Å². The van der Waals surface area contributed by atoms with E-state index in [1.165, 1.54) is 0 Å². The molecule has 0 fully saturated rings. The van der Waals surface area contributed by atoms with E-state index in [1.54, 1.807) is 32.7 Å². The lowest BCUT2D eigenvalue weighted by Crippen LogP contribution is -2.13. The third kappa shape index (κ3) is 3.21. The summed E-state index contributed by atoms with van der Waals surface area (Å²) in [4.78, 5) is 0. The van der Waals surface area contributed by atoms with Gasteiger partial charge in [-0.3, -0.25) is 0 Å². The Morgan fingerprint density at radius 1 is 1.00 bits per heavy atom. The van der Waals surface area contributed by atoms with Crippen LogP contribution >= 0.6 is 43.2 Å². The summed E-state index contributed by atoms with van der Waals surface area (Å²) in [6.07, 6.45) is 0. The van der Waals surface area contributed by atoms with Crippen molar-refractivity contribution >= 4 is 43.2 Å². The minimum atomic E-state index is -0.336. The van der Waals surface area contributed by atoms with E-state index in [2.05, 4.69) is 31.9 Å². The van der Waals surface area contributed by atoms with E-state index < -0.39 is 0 Å². The highest BCUT2D eigenvalue weighted by atomic mass is 79.9. The standard InChI is InChI=1S/C14H15Br2NO3S/c1-18-9-5-4-7(12(19-2)13(9)20-3)11(17)8-6-10(15)21-14(8)16/h4-6,11H,17H2,1-3H3. The molecule has 1 atom stereocenters. The van der Waals surface area contributed by atoms with Gasteiger partial charge in [-0.2, -0.15) is 0 Å². The average molecular weight is 437 g/mol. The summed E-state index contributed by atoms with van der Waals surface area (Å²) < 4.78 is 18.2. The quantitative estimate of drug-likeness (QED) is 0.756. The Labute approximate surface area is 144 Å². The molecular formula is C14H15Br2NO3S. The van der Waals surface area contributed by atoms with Gasteiger partial charge in [-0.05, 0) is 55.6 Å². The Kier molecular flexibility index (Phi) is 5.54. The van der Waals surface area contributed by atoms with Crippen LogP contribution in [0.3, 0.4) is 0 Å². The minimum Gasteiger partial charge on any atom is -0.493 e. The second kappa shape index (κ2) is 7.00. The number of nitrogens with two attached hydrogens (primary N) is 1. The van der Waals surface area contributed by atoms with Crippen LogP contribution < -0.4 is 19.9 Å². The van der Waals surface area contributed by atoms with Crippen LogP contribution in [0.25, 0.3) is 0 Å². The van der Waals surface area contributed by atoms with E-state index >= 15 is 0 Å². The zero-order valence-electron chi connectivity index (χ0n) is 11.8. The van der Waals surface area contributed by atoms with Gasteiger partial charge in [0.25, 0.3) is 0 Å². The molecule has 0 aliphatic heterocycles. The van der Waals surface area contributed by atoms with Crippen molar-refractivity contribution < 1.29 is 14.2 Å². The molecule has 7 heteroatoms. The molecule has 0 radical (unpaired) electrons. The summed E-state index contributed by atoms with van der Waals surface area (Å²) in [6.45, 7) is 0. The predicted molar refractivity (Wildman–Crippen MR) is 91.8 cm³/mol. The Morgan fingerprint density at radius 3 is 2.14 bits per heavy atom. The first kappa shape index (κ1) is 16.6. The Hall–Kier alpha value is -0.760. The fourth-order valence-corrected chi connectivity index (χ4v) is 5.03. The van der Waals surface area contributed by atoms with Crippen molar-refractivity contribution in [2.75, 3.05) is 21.3 Å². The molecule has 1 aromatic heterocycles. The van der Waals surface area contributed by atoms with Crippen molar-refractivity contribution in [1.29, 1.82) is 0 Å². The van der Waals surface area contributed by atoms with Gasteiger partial charge in [0.2, 0.25) is 5.75 Å². The van der Waals surface area contributed by atoms with E-state index in [0.29, 0.717) is 17.2 Å². The molecule has 2 rings (SSSR count). The fourth-order valence-electron chi connectivity index (χ4n) is 2.10. The second-order valence-corrected chi connectivity index (χ2v) is 7.93. The van der Waals surface area contributed by atoms with E-state index in [-0.39, 0.29) is 6.04 Å². The SMILES string of the molecule is COc1ccc(C(N)c2cc(Br)sc2Br)c(OC)c1OC. The maximum absolute atomic E-state index is 6.40. The summed E-state index contributed by atoms with van der Waals surface area (Å²) >= 11 is 8.58. The van der Waals surface area contributed by atoms with E-state index in [1.807, 2.05) is 18.2 Å². The van der Waals surface area contributed by atoms with Crippen molar-refractivity contribution in [3.63, 3.8) is 0 Å². The summed E-state index contributed by atoms with van der Waals surface area (Å²) in [5, 5.41) is 0. The number of ether oxygens (including phenoxy) is 3. The zero-order chi connectivity index (χ0) is 15.6. The van der Waals surface area contributed by atoms with E-state index in [0.717, 1.165) is 18.7 Å². The number of hydrogen-bond acceptors (Lipinski definition) is 5. The van der Waals surface area contributed by atoms with E-state index in [9.17, 15) is 0 Å². The first-order valence-corrected chi connectivity index (χ1v) is 8.42. The van der Waals surface area contributed by atoms with Gasteiger partial charge in [-0.15, -0.1) is 11.3 Å². The molecule has 1 unspecified atom stereocenters. The molecule has 1 aromatic carbocycles. The Morgan fingerprint density at radius 2 is 1.67 bits per heavy atom. The van der Waals surface area contributed by atoms with Crippen molar-refractivity contribution in [2.45, 2.75) is 6.04 Å². The molecule has 4 nitrogen and oxygen atoms in total. The molecule has 2 N–H and O–H groups in total. The van der Waals surface area contributed by atoms with Gasteiger partial charge in [0.05, 0.1) is 34.9 Å². The number of halogens is 2. The zero-order valence-corrected chi connectivity index (χ0v) is 15.8. The average Bonchev–Trinajstić information content (AvgIpc) is 2.83. The maximum atomic E-state index is 6.40. The van der Waals surface area contributed by atoms with Crippen LogP contribution in [-0.4, -0.2) is 21.3 Å². The molecule has 0 aliphatic rings. The van der Waals surface area contributed by atoms with Gasteiger partial charge in [0.1, 0.15) is 0 Å². The number of thiophene rings is 1. The monoisotopic (exact) mass is 435 g/mol. The molecule has 0 aliphatic carbocycles. The Bertz CT molecular complexity index is 645. The summed E-state index contributed by atoms with van der Waals surface area (Å²) in [5.74, 6) is 1.73. The van der Waals surface area contributed by atoms with Crippen molar-refractivity contribution in [2.24, 2.45) is 5.73 Å². The van der Waals surface area contributed by atoms with Crippen LogP contribution in [0.5, 0.6) is 17.2 Å². The van der Waals surface area contributed by atoms with Gasteiger partial charge in [-0.1, -0.05) is 0 Å². The van der Waals surface area contributed by atoms with Gasteiger partial charge in [0.15, 0.2) is 11.5 Å². The predicted octanol–water partition coefficient (Wildman–Crippen LogP) is 4.35. The summed E-state index contributed by atoms with van der Waals surface area (Å²) in [6, 6.07) is 5.38. The molecule has 0 saturated carbocycles. The lowest BCUT2D eigenvalue weighted by Gasteiger charge is -2.19. The molecule has 2 aromatic rings. The van der Waals surface area contributed by atoms with E-state index in [4.69, 9.17) is 19.9 Å². The number of benzene rings is 1. The molecule has 0 amide bonds. The fraction of sp³-hybridized carbons (Fsp3) is 0.286. The van der Waals surface area contributed by atoms with Gasteiger partial charge >= 0.3 is 0 Å². The van der Waals surface area contributed by atoms with Crippen LogP contribution in [0, 0.1) is 0 Å². The van der Waals surface area contributed by atoms with Crippen LogP contribution in [0.1, 0.15) is 17.2 Å². The number of rotatable bonds is 5. The number of hydrogen-bond donors (Lipinski definition) is 1.